The van der Waals surface area contributed by atoms with Crippen molar-refractivity contribution < 1.29 is 9.18 Å². The van der Waals surface area contributed by atoms with Crippen LogP contribution in [-0.2, 0) is 11.2 Å². The third kappa shape index (κ3) is 4.79. The molecule has 1 unspecified atom stereocenters. The normalized spacial score (nSPS) is 17.4. The fraction of sp³-hybridized carbons (Fsp3) is 0.389. The van der Waals surface area contributed by atoms with Gasteiger partial charge < -0.3 is 10.2 Å². The molecule has 1 aliphatic heterocycles. The first-order valence-corrected chi connectivity index (χ1v) is 8.90. The van der Waals surface area contributed by atoms with E-state index in [4.69, 9.17) is 0 Å². The van der Waals surface area contributed by atoms with Crippen LogP contribution in [0.3, 0.4) is 0 Å². The lowest BCUT2D eigenvalue weighted by Crippen LogP contribution is -2.48. The van der Waals surface area contributed by atoms with Crippen LogP contribution in [0.4, 0.5) is 4.39 Å². The lowest BCUT2D eigenvalue weighted by molar-refractivity contribution is -0.134. The van der Waals surface area contributed by atoms with Crippen molar-refractivity contribution in [2.75, 3.05) is 19.6 Å². The predicted molar refractivity (Wildman–Crippen MR) is 98.2 cm³/mol. The molecule has 24 heavy (non-hydrogen) atoms. The van der Waals surface area contributed by atoms with Gasteiger partial charge in [0.2, 0.25) is 5.91 Å². The number of nitrogens with zero attached hydrogens (tertiary/aromatic N) is 1. The summed E-state index contributed by atoms with van der Waals surface area (Å²) in [5, 5.41) is 5.36. The van der Waals surface area contributed by atoms with Gasteiger partial charge in [0.15, 0.2) is 0 Å². The van der Waals surface area contributed by atoms with Crippen molar-refractivity contribution in [1.29, 1.82) is 0 Å². The summed E-state index contributed by atoms with van der Waals surface area (Å²) in [5.74, 6) is -0.0875. The molecule has 3 rings (SSSR count). The number of halogens is 2. The number of carbonyl (C=O) groups is 1. The molecular weight excluding hydrogens is 347 g/mol. The molecular formula is C18H22ClFN2OS. The summed E-state index contributed by atoms with van der Waals surface area (Å²) < 4.78 is 13.5. The number of hydrogen-bond acceptors (Lipinski definition) is 3. The van der Waals surface area contributed by atoms with E-state index in [1.165, 1.54) is 17.0 Å². The van der Waals surface area contributed by atoms with Gasteiger partial charge in [0.25, 0.3) is 0 Å². The minimum Gasteiger partial charge on any atom is -0.333 e. The highest BCUT2D eigenvalue weighted by molar-refractivity contribution is 7.09. The van der Waals surface area contributed by atoms with Gasteiger partial charge in [-0.15, -0.1) is 23.7 Å². The first kappa shape index (κ1) is 18.9. The molecule has 1 N–H and O–H groups in total. The molecule has 0 radical (unpaired) electrons. The van der Waals surface area contributed by atoms with E-state index >= 15 is 0 Å². The zero-order chi connectivity index (χ0) is 16.1. The summed E-state index contributed by atoms with van der Waals surface area (Å²) in [6.07, 6.45) is 2.35. The van der Waals surface area contributed by atoms with Gasteiger partial charge in [0.05, 0.1) is 6.04 Å². The molecule has 1 aromatic carbocycles. The first-order chi connectivity index (χ1) is 11.2. The van der Waals surface area contributed by atoms with Crippen LogP contribution in [0.5, 0.6) is 0 Å². The molecule has 0 spiro atoms. The Labute approximate surface area is 152 Å². The summed E-state index contributed by atoms with van der Waals surface area (Å²) in [6, 6.07) is 10.6. The minimum atomic E-state index is -0.252. The summed E-state index contributed by atoms with van der Waals surface area (Å²) in [4.78, 5) is 15.8. The maximum Gasteiger partial charge on any atom is 0.223 e. The monoisotopic (exact) mass is 368 g/mol. The van der Waals surface area contributed by atoms with E-state index in [9.17, 15) is 9.18 Å². The molecule has 3 nitrogen and oxygen atoms in total. The lowest BCUT2D eigenvalue weighted by atomic mass is 10.0. The van der Waals surface area contributed by atoms with Crippen LogP contribution in [-0.4, -0.2) is 30.4 Å². The predicted octanol–water partition coefficient (Wildman–Crippen LogP) is 3.80. The molecule has 2 aromatic rings. The Morgan fingerprint density at radius 2 is 2.21 bits per heavy atom. The zero-order valence-electron chi connectivity index (χ0n) is 13.4. The SMILES string of the molecule is Cl.O=C(CCCc1cccs1)N1CCNCC1c1cccc(F)c1. The number of hydrogen-bond donors (Lipinski definition) is 1. The van der Waals surface area contributed by atoms with E-state index < -0.39 is 0 Å². The second-order valence-corrected chi connectivity index (χ2v) is 6.83. The van der Waals surface area contributed by atoms with E-state index in [0.29, 0.717) is 19.5 Å². The molecule has 6 heteroatoms. The Kier molecular flexibility index (Phi) is 7.21. The van der Waals surface area contributed by atoms with Crippen LogP contribution in [0.15, 0.2) is 41.8 Å². The molecule has 0 aliphatic carbocycles. The second-order valence-electron chi connectivity index (χ2n) is 5.79. The van der Waals surface area contributed by atoms with Gasteiger partial charge in [0, 0.05) is 30.9 Å². The number of rotatable bonds is 5. The van der Waals surface area contributed by atoms with Gasteiger partial charge in [-0.25, -0.2) is 4.39 Å². The molecule has 1 amide bonds. The molecule has 1 atom stereocenters. The van der Waals surface area contributed by atoms with Crippen molar-refractivity contribution in [3.63, 3.8) is 0 Å². The standard InChI is InChI=1S/C18H21FN2OS.ClH/c19-15-5-1-4-14(12-15)17-13-20-9-10-21(17)18(22)8-2-6-16-7-3-11-23-16;/h1,3-5,7,11-12,17,20H,2,6,8-10,13H2;1H. The summed E-state index contributed by atoms with van der Waals surface area (Å²) >= 11 is 1.73. The van der Waals surface area contributed by atoms with E-state index in [1.807, 2.05) is 17.0 Å². The molecule has 1 aliphatic rings. The number of piperazine rings is 1. The van der Waals surface area contributed by atoms with E-state index in [0.717, 1.165) is 24.9 Å². The van der Waals surface area contributed by atoms with Crippen molar-refractivity contribution in [2.45, 2.75) is 25.3 Å². The number of nitrogens with one attached hydrogen (secondary N) is 1. The van der Waals surface area contributed by atoms with Crippen molar-refractivity contribution in [3.05, 3.63) is 58.0 Å². The van der Waals surface area contributed by atoms with Gasteiger partial charge >= 0.3 is 0 Å². The van der Waals surface area contributed by atoms with Gasteiger partial charge in [-0.3, -0.25) is 4.79 Å². The van der Waals surface area contributed by atoms with Crippen molar-refractivity contribution >= 4 is 29.7 Å². The molecule has 2 heterocycles. The molecule has 1 aromatic heterocycles. The lowest BCUT2D eigenvalue weighted by Gasteiger charge is -2.36. The summed E-state index contributed by atoms with van der Waals surface area (Å²) in [7, 11) is 0. The number of thiophene rings is 1. The Balaban J connectivity index is 0.00000208. The quantitative estimate of drug-likeness (QED) is 0.870. The number of carbonyl (C=O) groups excluding carboxylic acids is 1. The topological polar surface area (TPSA) is 32.3 Å². The number of benzene rings is 1. The average molecular weight is 369 g/mol. The van der Waals surface area contributed by atoms with Crippen LogP contribution in [0.1, 0.15) is 29.3 Å². The first-order valence-electron chi connectivity index (χ1n) is 8.02. The Morgan fingerprint density at radius 1 is 1.33 bits per heavy atom. The van der Waals surface area contributed by atoms with Gasteiger partial charge in [-0.2, -0.15) is 0 Å². The van der Waals surface area contributed by atoms with E-state index in [2.05, 4.69) is 16.8 Å². The van der Waals surface area contributed by atoms with Crippen LogP contribution < -0.4 is 5.32 Å². The van der Waals surface area contributed by atoms with Crippen molar-refractivity contribution in [2.24, 2.45) is 0 Å². The maximum absolute atomic E-state index is 13.5. The van der Waals surface area contributed by atoms with Gasteiger partial charge in [-0.1, -0.05) is 18.2 Å². The highest BCUT2D eigenvalue weighted by atomic mass is 35.5. The third-order valence-corrected chi connectivity index (χ3v) is 5.13. The second kappa shape index (κ2) is 9.16. The van der Waals surface area contributed by atoms with Gasteiger partial charge in [-0.05, 0) is 42.0 Å². The van der Waals surface area contributed by atoms with Crippen molar-refractivity contribution in [1.82, 2.24) is 10.2 Å². The number of amides is 1. The Bertz CT molecular complexity index is 650. The number of aryl methyl sites for hydroxylation is 1. The Hall–Kier alpha value is -1.43. The summed E-state index contributed by atoms with van der Waals surface area (Å²) in [6.45, 7) is 2.15. The van der Waals surface area contributed by atoms with Crippen molar-refractivity contribution in [3.8, 4) is 0 Å². The van der Waals surface area contributed by atoms with Crippen LogP contribution in [0.25, 0.3) is 0 Å². The highest BCUT2D eigenvalue weighted by Crippen LogP contribution is 2.24. The van der Waals surface area contributed by atoms with E-state index in [1.54, 1.807) is 17.4 Å². The smallest absolute Gasteiger partial charge is 0.223 e. The van der Waals surface area contributed by atoms with Gasteiger partial charge in [0.1, 0.15) is 5.82 Å². The summed E-state index contributed by atoms with van der Waals surface area (Å²) in [5.41, 5.74) is 0.865. The fourth-order valence-electron chi connectivity index (χ4n) is 3.03. The van der Waals surface area contributed by atoms with Crippen LogP contribution >= 0.6 is 23.7 Å². The average Bonchev–Trinajstić information content (AvgIpc) is 3.08. The molecule has 0 saturated carbocycles. The third-order valence-electron chi connectivity index (χ3n) is 4.19. The fourth-order valence-corrected chi connectivity index (χ4v) is 3.78. The largest absolute Gasteiger partial charge is 0.333 e. The van der Waals surface area contributed by atoms with Crippen LogP contribution in [0.2, 0.25) is 0 Å². The van der Waals surface area contributed by atoms with Crippen LogP contribution in [0, 0.1) is 5.82 Å². The molecule has 0 bridgehead atoms. The molecule has 1 fully saturated rings. The minimum absolute atomic E-state index is 0. The van der Waals surface area contributed by atoms with E-state index in [-0.39, 0.29) is 30.2 Å². The maximum atomic E-state index is 13.5. The molecule has 130 valence electrons. The molecule has 1 saturated heterocycles. The zero-order valence-corrected chi connectivity index (χ0v) is 15.0. The Morgan fingerprint density at radius 3 is 2.96 bits per heavy atom. The highest BCUT2D eigenvalue weighted by Gasteiger charge is 2.27.